The normalized spacial score (nSPS) is 17.4. The van der Waals surface area contributed by atoms with E-state index in [0.717, 1.165) is 31.2 Å². The summed E-state index contributed by atoms with van der Waals surface area (Å²) in [5, 5.41) is 15.2. The zero-order valence-corrected chi connectivity index (χ0v) is 22.4. The van der Waals surface area contributed by atoms with E-state index in [1.54, 1.807) is 30.3 Å². The molecule has 2 aliphatic rings. The molecule has 0 spiro atoms. The van der Waals surface area contributed by atoms with Crippen LogP contribution in [0, 0.1) is 0 Å². The first-order valence-corrected chi connectivity index (χ1v) is 13.5. The van der Waals surface area contributed by atoms with E-state index in [9.17, 15) is 14.7 Å². The van der Waals surface area contributed by atoms with Gasteiger partial charge in [0.05, 0.1) is 23.6 Å². The molecule has 9 heteroatoms. The predicted molar refractivity (Wildman–Crippen MR) is 147 cm³/mol. The van der Waals surface area contributed by atoms with Gasteiger partial charge in [0, 0.05) is 10.6 Å². The highest BCUT2D eigenvalue weighted by Crippen LogP contribution is 2.43. The smallest absolute Gasteiger partial charge is 0.365 e. The Balaban J connectivity index is 1.63. The first kappa shape index (κ1) is 25.4. The summed E-state index contributed by atoms with van der Waals surface area (Å²) in [7, 11) is 0. The standard InChI is InChI=1S/C28H27BrClN3O4/c29-28(27(35)36,32-18-31-26(34)23-16-15-20(30)17-24(23)32)33(21-11-5-2-6-12-21)37-25-14-8-7-13-22(25)19-9-3-1-4-10-19/h2,5-8,11-17,19H,1,3-4,9-10,18H2,(H,31,34)(H,35,36). The van der Waals surface area contributed by atoms with E-state index in [2.05, 4.69) is 27.3 Å². The van der Waals surface area contributed by atoms with Gasteiger partial charge in [-0.15, -0.1) is 0 Å². The Morgan fingerprint density at radius 2 is 1.76 bits per heavy atom. The maximum atomic E-state index is 13.1. The topological polar surface area (TPSA) is 82.1 Å². The van der Waals surface area contributed by atoms with Crippen LogP contribution in [0.2, 0.25) is 5.02 Å². The molecule has 3 aromatic rings. The van der Waals surface area contributed by atoms with Crippen LogP contribution in [0.25, 0.3) is 0 Å². The number of carboxylic acids is 1. The number of hydrogen-bond donors (Lipinski definition) is 2. The van der Waals surface area contributed by atoms with E-state index in [1.165, 1.54) is 16.4 Å². The third-order valence-corrected chi connectivity index (χ3v) is 8.26. The zero-order chi connectivity index (χ0) is 26.0. The molecule has 1 fully saturated rings. The van der Waals surface area contributed by atoms with Gasteiger partial charge in [0.2, 0.25) is 0 Å². The lowest BCUT2D eigenvalue weighted by Crippen LogP contribution is -2.66. The van der Waals surface area contributed by atoms with Crippen molar-refractivity contribution in [2.75, 3.05) is 16.6 Å². The number of nitrogens with one attached hydrogen (secondary N) is 1. The largest absolute Gasteiger partial charge is 0.477 e. The van der Waals surface area contributed by atoms with Crippen molar-refractivity contribution in [1.29, 1.82) is 0 Å². The van der Waals surface area contributed by atoms with E-state index >= 15 is 0 Å². The molecule has 0 bridgehead atoms. The number of nitrogens with zero attached hydrogens (tertiary/aromatic N) is 2. The summed E-state index contributed by atoms with van der Waals surface area (Å²) in [5.41, 5.74) is 2.26. The second-order valence-corrected chi connectivity index (χ2v) is 10.8. The lowest BCUT2D eigenvalue weighted by atomic mass is 9.84. The molecule has 1 saturated carbocycles. The SMILES string of the molecule is O=C1NCN(C(Br)(C(=O)O)N(Oc2ccccc2C2CCCCC2)c2ccccc2)c2cc(Cl)ccc21. The van der Waals surface area contributed by atoms with Gasteiger partial charge < -0.3 is 20.2 Å². The number of hydroxylamine groups is 1. The van der Waals surface area contributed by atoms with Crippen LogP contribution in [-0.4, -0.2) is 28.2 Å². The summed E-state index contributed by atoms with van der Waals surface area (Å²) >= 11 is 9.83. The first-order chi connectivity index (χ1) is 17.9. The minimum Gasteiger partial charge on any atom is -0.477 e. The Labute approximate surface area is 229 Å². The van der Waals surface area contributed by atoms with Crippen LogP contribution in [0.15, 0.2) is 72.8 Å². The van der Waals surface area contributed by atoms with E-state index in [4.69, 9.17) is 16.4 Å². The molecule has 3 aromatic carbocycles. The highest BCUT2D eigenvalue weighted by atomic mass is 79.9. The molecule has 1 atom stereocenters. The van der Waals surface area contributed by atoms with Gasteiger partial charge in [-0.2, -0.15) is 5.06 Å². The molecule has 1 aliphatic heterocycles. The summed E-state index contributed by atoms with van der Waals surface area (Å²) in [6, 6.07) is 21.6. The lowest BCUT2D eigenvalue weighted by molar-refractivity contribution is -0.141. The Hall–Kier alpha value is -3.23. The molecule has 1 unspecified atom stereocenters. The molecule has 0 aromatic heterocycles. The number of fused-ring (bicyclic) bond motifs is 1. The summed E-state index contributed by atoms with van der Waals surface area (Å²) in [4.78, 5) is 33.8. The quantitative estimate of drug-likeness (QED) is 0.187. The number of alkyl halides is 1. The molecule has 37 heavy (non-hydrogen) atoms. The summed E-state index contributed by atoms with van der Waals surface area (Å²) in [5.74, 6) is -0.604. The minimum absolute atomic E-state index is 0.0826. The van der Waals surface area contributed by atoms with Gasteiger partial charge in [-0.05, 0) is 71.1 Å². The van der Waals surface area contributed by atoms with Crippen LogP contribution in [0.5, 0.6) is 5.75 Å². The van der Waals surface area contributed by atoms with E-state index in [-0.39, 0.29) is 12.6 Å². The molecule has 1 aliphatic carbocycles. The first-order valence-electron chi connectivity index (χ1n) is 12.3. The highest BCUT2D eigenvalue weighted by Gasteiger charge is 2.52. The van der Waals surface area contributed by atoms with E-state index in [1.807, 2.05) is 36.4 Å². The average Bonchev–Trinajstić information content (AvgIpc) is 2.92. The molecule has 7 nitrogen and oxygen atoms in total. The lowest BCUT2D eigenvalue weighted by Gasteiger charge is -2.46. The number of carbonyl (C=O) groups is 2. The fraction of sp³-hybridized carbons (Fsp3) is 0.286. The van der Waals surface area contributed by atoms with Crippen molar-refractivity contribution in [3.05, 3.63) is 88.9 Å². The zero-order valence-electron chi connectivity index (χ0n) is 20.1. The van der Waals surface area contributed by atoms with Gasteiger partial charge in [0.25, 0.3) is 5.91 Å². The van der Waals surface area contributed by atoms with Crippen molar-refractivity contribution in [3.8, 4) is 5.75 Å². The second kappa shape index (κ2) is 10.6. The van der Waals surface area contributed by atoms with Crippen molar-refractivity contribution in [2.45, 2.75) is 42.6 Å². The number of carboxylic acid groups (broad SMARTS) is 1. The number of rotatable bonds is 7. The molecular weight excluding hydrogens is 558 g/mol. The van der Waals surface area contributed by atoms with Gasteiger partial charge >= 0.3 is 10.5 Å². The third-order valence-electron chi connectivity index (χ3n) is 6.94. The van der Waals surface area contributed by atoms with Gasteiger partial charge in [-0.3, -0.25) is 4.79 Å². The van der Waals surface area contributed by atoms with Crippen molar-refractivity contribution in [2.24, 2.45) is 0 Å². The Kier molecular flexibility index (Phi) is 7.31. The van der Waals surface area contributed by atoms with Crippen LogP contribution >= 0.6 is 27.5 Å². The monoisotopic (exact) mass is 583 g/mol. The van der Waals surface area contributed by atoms with Gasteiger partial charge in [0.15, 0.2) is 5.75 Å². The summed E-state index contributed by atoms with van der Waals surface area (Å²) < 4.78 is -1.94. The average molecular weight is 585 g/mol. The second-order valence-electron chi connectivity index (χ2n) is 9.24. The van der Waals surface area contributed by atoms with Crippen molar-refractivity contribution in [1.82, 2.24) is 5.32 Å². The molecule has 192 valence electrons. The van der Waals surface area contributed by atoms with Crippen LogP contribution in [-0.2, 0) is 4.79 Å². The fourth-order valence-corrected chi connectivity index (χ4v) is 5.85. The van der Waals surface area contributed by atoms with Crippen LogP contribution in [0.4, 0.5) is 11.4 Å². The molecule has 0 radical (unpaired) electrons. The van der Waals surface area contributed by atoms with Crippen LogP contribution in [0.3, 0.4) is 0 Å². The van der Waals surface area contributed by atoms with Gasteiger partial charge in [0.1, 0.15) is 0 Å². The van der Waals surface area contributed by atoms with Gasteiger partial charge in [-0.25, -0.2) is 4.79 Å². The van der Waals surface area contributed by atoms with Crippen molar-refractivity contribution in [3.63, 3.8) is 0 Å². The predicted octanol–water partition coefficient (Wildman–Crippen LogP) is 6.53. The fourth-order valence-electron chi connectivity index (χ4n) is 5.09. The number of carbonyl (C=O) groups excluding carboxylic acids is 1. The molecule has 1 amide bonds. The number of anilines is 2. The van der Waals surface area contributed by atoms with Crippen LogP contribution in [0.1, 0.15) is 53.9 Å². The number of para-hydroxylation sites is 2. The summed E-state index contributed by atoms with van der Waals surface area (Å²) in [6.07, 6.45) is 5.66. The minimum atomic E-state index is -1.94. The van der Waals surface area contributed by atoms with E-state index in [0.29, 0.717) is 33.6 Å². The number of hydrogen-bond acceptors (Lipinski definition) is 5. The Morgan fingerprint density at radius 1 is 1.05 bits per heavy atom. The number of halogens is 2. The van der Waals surface area contributed by atoms with E-state index < -0.39 is 10.5 Å². The summed E-state index contributed by atoms with van der Waals surface area (Å²) in [6.45, 7) is -0.0826. The van der Waals surface area contributed by atoms with Crippen LogP contribution < -0.4 is 20.1 Å². The molecule has 5 rings (SSSR count). The molecular formula is C28H27BrClN3O4. The third kappa shape index (κ3) is 4.88. The Bertz CT molecular complexity index is 1300. The molecule has 0 saturated heterocycles. The maximum absolute atomic E-state index is 13.1. The number of amides is 1. The van der Waals surface area contributed by atoms with Gasteiger partial charge in [-0.1, -0.05) is 67.3 Å². The maximum Gasteiger partial charge on any atom is 0.365 e. The number of aliphatic carboxylic acids is 1. The van der Waals surface area contributed by atoms with Crippen molar-refractivity contribution < 1.29 is 19.5 Å². The Morgan fingerprint density at radius 3 is 2.49 bits per heavy atom. The number of benzene rings is 3. The van der Waals surface area contributed by atoms with Crippen molar-refractivity contribution >= 4 is 50.8 Å². The highest BCUT2D eigenvalue weighted by molar-refractivity contribution is 9.10. The molecule has 2 N–H and O–H groups in total. The molecule has 1 heterocycles.